The van der Waals surface area contributed by atoms with E-state index in [9.17, 15) is 4.79 Å². The van der Waals surface area contributed by atoms with Gasteiger partial charge < -0.3 is 4.74 Å². The van der Waals surface area contributed by atoms with Crippen LogP contribution in [0.3, 0.4) is 0 Å². The van der Waals surface area contributed by atoms with Crippen molar-refractivity contribution < 1.29 is 9.53 Å². The fraction of sp³-hybridized carbons (Fsp3) is 0.154. The van der Waals surface area contributed by atoms with Crippen LogP contribution in [0.2, 0.25) is 0 Å². The summed E-state index contributed by atoms with van der Waals surface area (Å²) >= 11 is 1.54. The number of carbonyl (C=O) groups excluding carboxylic acids is 1. The van der Waals surface area contributed by atoms with Crippen molar-refractivity contribution in [1.29, 1.82) is 0 Å². The molecule has 30 heavy (non-hydrogen) atoms. The summed E-state index contributed by atoms with van der Waals surface area (Å²) < 4.78 is 6.82. The Hall–Kier alpha value is -3.24. The van der Waals surface area contributed by atoms with E-state index in [0.717, 1.165) is 46.0 Å². The van der Waals surface area contributed by atoms with Gasteiger partial charge in [-0.3, -0.25) is 4.79 Å². The number of nitrogens with zero attached hydrogens (tertiary/aromatic N) is 1. The second-order valence-electron chi connectivity index (χ2n) is 7.01. The van der Waals surface area contributed by atoms with Crippen LogP contribution >= 0.6 is 11.3 Å². The fourth-order valence-corrected chi connectivity index (χ4v) is 4.10. The van der Waals surface area contributed by atoms with Crippen molar-refractivity contribution in [1.82, 2.24) is 4.98 Å². The summed E-state index contributed by atoms with van der Waals surface area (Å²) in [4.78, 5) is 18.1. The summed E-state index contributed by atoms with van der Waals surface area (Å²) in [6.07, 6.45) is 4.06. The third-order valence-electron chi connectivity index (χ3n) is 4.76. The molecule has 0 unspecified atom stereocenters. The van der Waals surface area contributed by atoms with Crippen LogP contribution < -0.4 is 4.74 Å². The minimum absolute atomic E-state index is 0.0297. The number of para-hydroxylation sites is 1. The number of allylic oxidation sites excluding steroid dienone is 1. The Kier molecular flexibility index (Phi) is 6.35. The molecule has 0 aliphatic heterocycles. The molecule has 3 aromatic carbocycles. The molecule has 0 amide bonds. The van der Waals surface area contributed by atoms with E-state index in [4.69, 9.17) is 9.72 Å². The third kappa shape index (κ3) is 4.66. The molecular formula is C26H23NO2S. The molecule has 1 heterocycles. The molecule has 0 aliphatic rings. The lowest BCUT2D eigenvalue weighted by Crippen LogP contribution is -2.02. The van der Waals surface area contributed by atoms with Crippen LogP contribution in [0.15, 0.2) is 78.9 Å². The molecule has 150 valence electrons. The Bertz CT molecular complexity index is 1130. The van der Waals surface area contributed by atoms with Gasteiger partial charge in [-0.15, -0.1) is 11.3 Å². The Morgan fingerprint density at radius 2 is 1.70 bits per heavy atom. The quantitative estimate of drug-likeness (QED) is 0.179. The van der Waals surface area contributed by atoms with E-state index < -0.39 is 0 Å². The van der Waals surface area contributed by atoms with Crippen molar-refractivity contribution in [3.05, 3.63) is 95.0 Å². The van der Waals surface area contributed by atoms with Crippen LogP contribution in [-0.2, 0) is 0 Å². The Labute approximate surface area is 180 Å². The first-order valence-corrected chi connectivity index (χ1v) is 11.0. The minimum atomic E-state index is -0.0297. The average molecular weight is 414 g/mol. The third-order valence-corrected chi connectivity index (χ3v) is 5.83. The van der Waals surface area contributed by atoms with Gasteiger partial charge in [-0.1, -0.05) is 67.9 Å². The predicted octanol–water partition coefficient (Wildman–Crippen LogP) is 6.90. The van der Waals surface area contributed by atoms with Gasteiger partial charge in [-0.25, -0.2) is 4.98 Å². The van der Waals surface area contributed by atoms with Crippen LogP contribution in [0.25, 0.3) is 21.9 Å². The zero-order chi connectivity index (χ0) is 20.8. The van der Waals surface area contributed by atoms with Crippen LogP contribution in [0.1, 0.15) is 40.7 Å². The first-order chi connectivity index (χ1) is 14.7. The fourth-order valence-electron chi connectivity index (χ4n) is 3.12. The standard InChI is InChI=1S/C26H23NO2S/c1-2-3-17-29-21-15-13-19(14-16-21)18-22(25(28)20-9-5-4-6-10-20)26-27-23-11-7-8-12-24(23)30-26/h4-16,18H,2-3,17H2,1H3. The molecule has 4 rings (SSSR count). The maximum absolute atomic E-state index is 13.3. The van der Waals surface area contributed by atoms with E-state index in [1.54, 1.807) is 0 Å². The summed E-state index contributed by atoms with van der Waals surface area (Å²) in [6.45, 7) is 2.86. The van der Waals surface area contributed by atoms with Crippen molar-refractivity contribution in [3.63, 3.8) is 0 Å². The first-order valence-electron chi connectivity index (χ1n) is 10.1. The van der Waals surface area contributed by atoms with E-state index in [-0.39, 0.29) is 5.78 Å². The second-order valence-corrected chi connectivity index (χ2v) is 8.04. The predicted molar refractivity (Wildman–Crippen MR) is 125 cm³/mol. The van der Waals surface area contributed by atoms with Crippen molar-refractivity contribution >= 4 is 39.0 Å². The average Bonchev–Trinajstić information content (AvgIpc) is 3.23. The number of unbranched alkanes of at least 4 members (excludes halogenated alkanes) is 1. The number of Topliss-reactive ketones (excluding diaryl/α,β-unsaturated/α-hetero) is 1. The highest BCUT2D eigenvalue weighted by molar-refractivity contribution is 7.20. The van der Waals surface area contributed by atoms with Gasteiger partial charge in [-0.2, -0.15) is 0 Å². The molecule has 0 saturated carbocycles. The Balaban J connectivity index is 1.70. The first kappa shape index (κ1) is 20.0. The molecule has 0 saturated heterocycles. The lowest BCUT2D eigenvalue weighted by Gasteiger charge is -2.07. The molecule has 3 nitrogen and oxygen atoms in total. The van der Waals surface area contributed by atoms with Crippen LogP contribution in [0.5, 0.6) is 5.75 Å². The van der Waals surface area contributed by atoms with E-state index in [1.807, 2.05) is 84.9 Å². The second kappa shape index (κ2) is 9.51. The molecule has 0 aliphatic carbocycles. The van der Waals surface area contributed by atoms with E-state index in [1.165, 1.54) is 11.3 Å². The van der Waals surface area contributed by atoms with E-state index >= 15 is 0 Å². The number of thiazole rings is 1. The van der Waals surface area contributed by atoms with Gasteiger partial charge in [0.05, 0.1) is 22.4 Å². The highest BCUT2D eigenvalue weighted by Crippen LogP contribution is 2.31. The SMILES string of the molecule is CCCCOc1ccc(C=C(C(=O)c2ccccc2)c2nc3ccccc3s2)cc1. The maximum atomic E-state index is 13.3. The highest BCUT2D eigenvalue weighted by Gasteiger charge is 2.18. The number of aromatic nitrogens is 1. The molecule has 4 aromatic rings. The van der Waals surface area contributed by atoms with Gasteiger partial charge in [-0.05, 0) is 42.3 Å². The van der Waals surface area contributed by atoms with E-state index in [0.29, 0.717) is 11.1 Å². The maximum Gasteiger partial charge on any atom is 0.196 e. The summed E-state index contributed by atoms with van der Waals surface area (Å²) in [6, 6.07) is 25.2. The molecule has 0 radical (unpaired) electrons. The number of hydrogen-bond acceptors (Lipinski definition) is 4. The van der Waals surface area contributed by atoms with Crippen LogP contribution in [-0.4, -0.2) is 17.4 Å². The summed E-state index contributed by atoms with van der Waals surface area (Å²) in [7, 11) is 0. The van der Waals surface area contributed by atoms with Gasteiger partial charge in [0.2, 0.25) is 0 Å². The zero-order valence-corrected chi connectivity index (χ0v) is 17.7. The lowest BCUT2D eigenvalue weighted by molar-refractivity contribution is 0.105. The zero-order valence-electron chi connectivity index (χ0n) is 16.9. The summed E-state index contributed by atoms with van der Waals surface area (Å²) in [5, 5.41) is 0.730. The molecule has 1 aromatic heterocycles. The van der Waals surface area contributed by atoms with Crippen molar-refractivity contribution in [3.8, 4) is 5.75 Å². The number of ether oxygens (including phenoxy) is 1. The van der Waals surface area contributed by atoms with Crippen LogP contribution in [0, 0.1) is 0 Å². The van der Waals surface area contributed by atoms with Gasteiger partial charge in [0, 0.05) is 5.56 Å². The number of hydrogen-bond donors (Lipinski definition) is 0. The Morgan fingerprint density at radius 3 is 2.43 bits per heavy atom. The van der Waals surface area contributed by atoms with Crippen molar-refractivity contribution in [2.75, 3.05) is 6.61 Å². The molecule has 0 bridgehead atoms. The summed E-state index contributed by atoms with van der Waals surface area (Å²) in [5.74, 6) is 0.814. The monoisotopic (exact) mass is 413 g/mol. The number of carbonyl (C=O) groups is 1. The van der Waals surface area contributed by atoms with Gasteiger partial charge in [0.15, 0.2) is 5.78 Å². The topological polar surface area (TPSA) is 39.2 Å². The number of rotatable bonds is 8. The van der Waals surface area contributed by atoms with Gasteiger partial charge in [0.25, 0.3) is 0 Å². The highest BCUT2D eigenvalue weighted by atomic mass is 32.1. The minimum Gasteiger partial charge on any atom is -0.494 e. The normalized spacial score (nSPS) is 11.6. The molecule has 0 spiro atoms. The molecule has 4 heteroatoms. The van der Waals surface area contributed by atoms with Crippen molar-refractivity contribution in [2.24, 2.45) is 0 Å². The molecule has 0 N–H and O–H groups in total. The van der Waals surface area contributed by atoms with Gasteiger partial charge >= 0.3 is 0 Å². The Morgan fingerprint density at radius 1 is 0.967 bits per heavy atom. The largest absolute Gasteiger partial charge is 0.494 e. The van der Waals surface area contributed by atoms with E-state index in [2.05, 4.69) is 6.92 Å². The van der Waals surface area contributed by atoms with Crippen molar-refractivity contribution in [2.45, 2.75) is 19.8 Å². The van der Waals surface area contributed by atoms with Crippen LogP contribution in [0.4, 0.5) is 0 Å². The number of fused-ring (bicyclic) bond motifs is 1. The molecule has 0 fully saturated rings. The number of benzene rings is 3. The smallest absolute Gasteiger partial charge is 0.196 e. The summed E-state index contributed by atoms with van der Waals surface area (Å²) in [5.41, 5.74) is 3.10. The van der Waals surface area contributed by atoms with Gasteiger partial charge in [0.1, 0.15) is 10.8 Å². The molecular weight excluding hydrogens is 390 g/mol. The molecule has 0 atom stereocenters. The lowest BCUT2D eigenvalue weighted by atomic mass is 10.0. The number of ketones is 1.